The summed E-state index contributed by atoms with van der Waals surface area (Å²) < 4.78 is 12.4. The van der Waals surface area contributed by atoms with Crippen LogP contribution in [-0.4, -0.2) is 74.2 Å². The maximum atomic E-state index is 11.2. The predicted molar refractivity (Wildman–Crippen MR) is 258 cm³/mol. The highest BCUT2D eigenvalue weighted by atomic mass is 32.2. The first-order valence-corrected chi connectivity index (χ1v) is 23.8. The van der Waals surface area contributed by atoms with E-state index in [1.165, 1.54) is 34.0 Å². The Morgan fingerprint density at radius 3 is 1.63 bits per heavy atom. The number of hydrogen-bond acceptors (Lipinski definition) is 10. The van der Waals surface area contributed by atoms with E-state index in [-0.39, 0.29) is 23.4 Å². The molecule has 6 rings (SSSR count). The van der Waals surface area contributed by atoms with Crippen molar-refractivity contribution in [3.8, 4) is 22.6 Å². The Kier molecular flexibility index (Phi) is 16.0. The SMILES string of the molecule is C=CCN(CC=C)c1nc(SCC(O)COc2ccc(C3(c4ccc(OCC(O)CC(C)(CC)CC)cc4)c4ccccc4-c4ccccc43)cc2)nc(SC(C)(CC)CC)n1. The highest BCUT2D eigenvalue weighted by Crippen LogP contribution is 2.56. The number of anilines is 1. The summed E-state index contributed by atoms with van der Waals surface area (Å²) in [5.41, 5.74) is 6.54. The van der Waals surface area contributed by atoms with Gasteiger partial charge in [-0.15, -0.1) is 13.2 Å². The minimum Gasteiger partial charge on any atom is -0.491 e. The summed E-state index contributed by atoms with van der Waals surface area (Å²) >= 11 is 3.06. The van der Waals surface area contributed by atoms with Gasteiger partial charge in [-0.2, -0.15) is 15.0 Å². The Morgan fingerprint density at radius 2 is 1.15 bits per heavy atom. The van der Waals surface area contributed by atoms with Crippen molar-refractivity contribution in [1.29, 1.82) is 0 Å². The van der Waals surface area contributed by atoms with Crippen LogP contribution in [0.2, 0.25) is 0 Å². The Labute approximate surface area is 378 Å². The number of aliphatic hydroxyl groups is 2. The zero-order valence-electron chi connectivity index (χ0n) is 37.3. The van der Waals surface area contributed by atoms with Gasteiger partial charge in [0, 0.05) is 23.6 Å². The topological polar surface area (TPSA) is 101 Å². The van der Waals surface area contributed by atoms with Crippen LogP contribution in [0, 0.1) is 5.41 Å². The lowest BCUT2D eigenvalue weighted by Gasteiger charge is -2.34. The maximum Gasteiger partial charge on any atom is 0.230 e. The molecule has 2 N–H and O–H groups in total. The second-order valence-electron chi connectivity index (χ2n) is 16.8. The highest BCUT2D eigenvalue weighted by Gasteiger charge is 2.46. The van der Waals surface area contributed by atoms with Gasteiger partial charge in [-0.25, -0.2) is 0 Å². The van der Waals surface area contributed by atoms with Crippen LogP contribution in [0.3, 0.4) is 0 Å². The molecule has 0 bridgehead atoms. The first kappa shape index (κ1) is 46.9. The second-order valence-corrected chi connectivity index (χ2v) is 19.3. The van der Waals surface area contributed by atoms with Crippen LogP contribution < -0.4 is 14.4 Å². The smallest absolute Gasteiger partial charge is 0.230 e. The molecule has 0 aliphatic heterocycles. The molecule has 2 unspecified atom stereocenters. The van der Waals surface area contributed by atoms with Crippen LogP contribution >= 0.6 is 23.5 Å². The maximum absolute atomic E-state index is 11.2. The monoisotopic (exact) mass is 872 g/mol. The van der Waals surface area contributed by atoms with Crippen molar-refractivity contribution < 1.29 is 19.7 Å². The quantitative estimate of drug-likeness (QED) is 0.0452. The molecule has 4 aromatic carbocycles. The van der Waals surface area contributed by atoms with Crippen molar-refractivity contribution in [3.05, 3.63) is 145 Å². The van der Waals surface area contributed by atoms with E-state index < -0.39 is 17.6 Å². The van der Waals surface area contributed by atoms with Crippen molar-refractivity contribution >= 4 is 29.5 Å². The number of hydrogen-bond donors (Lipinski definition) is 2. The molecule has 0 amide bonds. The standard InChI is InChI=1S/C52H64N4O4S2/c1-9-31-56(32-10-2)47-53-48(55-49(54-47)62-51(8,13-5)14-6)61-36-40(58)35-60-42-29-25-38(26-30-42)52(45-21-17-15-19-43(45)44-20-16-18-22-46(44)52)37-23-27-41(28-24-37)59-34-39(57)33-50(7,11-3)12-4/h9-10,15-30,39-40,57-58H,1-2,11-14,31-36H2,3-8H3. The van der Waals surface area contributed by atoms with Crippen molar-refractivity contribution in [3.63, 3.8) is 0 Å². The predicted octanol–water partition coefficient (Wildman–Crippen LogP) is 11.6. The van der Waals surface area contributed by atoms with Crippen molar-refractivity contribution in [2.45, 2.75) is 106 Å². The molecule has 2 atom stereocenters. The zero-order chi connectivity index (χ0) is 44.3. The molecule has 1 aliphatic carbocycles. The van der Waals surface area contributed by atoms with Gasteiger partial charge < -0.3 is 24.6 Å². The van der Waals surface area contributed by atoms with Gasteiger partial charge in [0.05, 0.1) is 17.6 Å². The van der Waals surface area contributed by atoms with Gasteiger partial charge in [-0.1, -0.05) is 156 Å². The Balaban J connectivity index is 1.20. The van der Waals surface area contributed by atoms with E-state index in [4.69, 9.17) is 24.4 Å². The molecule has 62 heavy (non-hydrogen) atoms. The molecule has 1 aliphatic rings. The summed E-state index contributed by atoms with van der Waals surface area (Å²) in [7, 11) is 0. The molecule has 0 saturated carbocycles. The summed E-state index contributed by atoms with van der Waals surface area (Å²) in [6.07, 6.45) is 7.04. The fourth-order valence-electron chi connectivity index (χ4n) is 8.14. The first-order chi connectivity index (χ1) is 29.9. The number of rotatable bonds is 24. The van der Waals surface area contributed by atoms with Gasteiger partial charge in [0.25, 0.3) is 0 Å². The third kappa shape index (κ3) is 10.6. The molecule has 1 aromatic heterocycles. The molecule has 10 heteroatoms. The molecule has 0 saturated heterocycles. The van der Waals surface area contributed by atoms with E-state index in [9.17, 15) is 10.2 Å². The fourth-order valence-corrected chi connectivity index (χ4v) is 9.92. The average Bonchev–Trinajstić information content (AvgIpc) is 3.60. The van der Waals surface area contributed by atoms with E-state index in [0.29, 0.717) is 47.3 Å². The van der Waals surface area contributed by atoms with Gasteiger partial charge in [-0.3, -0.25) is 0 Å². The van der Waals surface area contributed by atoms with Crippen LogP contribution in [0.4, 0.5) is 5.95 Å². The number of fused-ring (bicyclic) bond motifs is 3. The van der Waals surface area contributed by atoms with Gasteiger partial charge in [0.2, 0.25) is 5.95 Å². The Hall–Kier alpha value is -4.61. The highest BCUT2D eigenvalue weighted by molar-refractivity contribution is 8.00. The number of benzene rings is 4. The van der Waals surface area contributed by atoms with Crippen LogP contribution in [-0.2, 0) is 5.41 Å². The summed E-state index contributed by atoms with van der Waals surface area (Å²) in [6, 6.07) is 33.9. The third-order valence-electron chi connectivity index (χ3n) is 12.6. The normalized spacial score (nSPS) is 14.1. The van der Waals surface area contributed by atoms with E-state index in [1.807, 2.05) is 41.3 Å². The van der Waals surface area contributed by atoms with Crippen LogP contribution in [0.25, 0.3) is 11.1 Å². The third-order valence-corrected chi connectivity index (χ3v) is 15.1. The van der Waals surface area contributed by atoms with Gasteiger partial charge >= 0.3 is 0 Å². The van der Waals surface area contributed by atoms with Crippen LogP contribution in [0.1, 0.15) is 95.9 Å². The summed E-state index contributed by atoms with van der Waals surface area (Å²) in [4.78, 5) is 16.4. The van der Waals surface area contributed by atoms with Gasteiger partial charge in [-0.05, 0) is 89.2 Å². The molecule has 1 heterocycles. The largest absolute Gasteiger partial charge is 0.491 e. The molecular formula is C52H64N4O4S2. The number of aromatic nitrogens is 3. The molecular weight excluding hydrogens is 809 g/mol. The van der Waals surface area contributed by atoms with Crippen molar-refractivity contribution in [2.75, 3.05) is 37.0 Å². The fraction of sp³-hybridized carbons (Fsp3) is 0.404. The minimum absolute atomic E-state index is 0.00875. The number of aliphatic hydroxyl groups excluding tert-OH is 2. The lowest BCUT2D eigenvalue weighted by molar-refractivity contribution is 0.0578. The van der Waals surface area contributed by atoms with Gasteiger partial charge in [0.1, 0.15) is 24.7 Å². The first-order valence-electron chi connectivity index (χ1n) is 22.0. The molecule has 0 radical (unpaired) electrons. The molecule has 8 nitrogen and oxygen atoms in total. The number of ether oxygens (including phenoxy) is 2. The molecule has 0 fully saturated rings. The zero-order valence-corrected chi connectivity index (χ0v) is 39.0. The second kappa shape index (κ2) is 21.2. The number of thioether (sulfide) groups is 2. The van der Waals surface area contributed by atoms with E-state index >= 15 is 0 Å². The molecule has 328 valence electrons. The van der Waals surface area contributed by atoms with Crippen LogP contribution in [0.5, 0.6) is 11.5 Å². The Bertz CT molecular complexity index is 2190. The van der Waals surface area contributed by atoms with Crippen LogP contribution in [0.15, 0.2) is 133 Å². The molecule has 0 spiro atoms. The van der Waals surface area contributed by atoms with E-state index in [2.05, 4.69) is 127 Å². The summed E-state index contributed by atoms with van der Waals surface area (Å²) in [5.74, 6) is 2.31. The van der Waals surface area contributed by atoms with Crippen molar-refractivity contribution in [1.82, 2.24) is 15.0 Å². The lowest BCUT2D eigenvalue weighted by Crippen LogP contribution is -2.28. The lowest BCUT2D eigenvalue weighted by atomic mass is 9.68. The van der Waals surface area contributed by atoms with E-state index in [1.54, 1.807) is 11.8 Å². The number of nitrogens with zero attached hydrogens (tertiary/aromatic N) is 4. The van der Waals surface area contributed by atoms with E-state index in [0.717, 1.165) is 42.6 Å². The van der Waals surface area contributed by atoms with Gasteiger partial charge in [0.15, 0.2) is 10.3 Å². The average molecular weight is 873 g/mol. The summed E-state index contributed by atoms with van der Waals surface area (Å²) in [6.45, 7) is 22.5. The Morgan fingerprint density at radius 1 is 0.661 bits per heavy atom. The molecule has 5 aromatic rings. The minimum atomic E-state index is -0.769. The summed E-state index contributed by atoms with van der Waals surface area (Å²) in [5, 5.41) is 23.2. The van der Waals surface area contributed by atoms with Crippen molar-refractivity contribution in [2.24, 2.45) is 5.41 Å².